The number of nitrogens with zero attached hydrogens (tertiary/aromatic N) is 3. The monoisotopic (exact) mass is 829 g/mol. The highest BCUT2D eigenvalue weighted by atomic mass is 35.5. The van der Waals surface area contributed by atoms with Gasteiger partial charge in [0.2, 0.25) is 11.9 Å². The van der Waals surface area contributed by atoms with Crippen molar-refractivity contribution in [2.75, 3.05) is 41.4 Å². The smallest absolute Gasteiger partial charge is 0.422 e. The molecule has 5 aromatic rings. The van der Waals surface area contributed by atoms with Crippen LogP contribution in [-0.2, 0) is 15.1 Å². The number of carbonyl (C=O) groups is 4. The van der Waals surface area contributed by atoms with Crippen LogP contribution in [0.2, 0.25) is 5.02 Å². The minimum absolute atomic E-state index is 0.00202. The van der Waals surface area contributed by atoms with E-state index in [9.17, 15) is 32.3 Å². The number of nitrogens with two attached hydrogens (primary N) is 1. The molecule has 3 amide bonds. The van der Waals surface area contributed by atoms with E-state index >= 15 is 0 Å². The summed E-state index contributed by atoms with van der Waals surface area (Å²) in [6, 6.07) is 25.4. The van der Waals surface area contributed by atoms with Gasteiger partial charge in [-0.25, -0.2) is 0 Å². The van der Waals surface area contributed by atoms with E-state index in [1.165, 1.54) is 36.4 Å². The third kappa shape index (κ3) is 11.7. The lowest BCUT2D eigenvalue weighted by Gasteiger charge is -2.25. The normalized spacial score (nSPS) is 13.1. The molecule has 6 rings (SSSR count). The van der Waals surface area contributed by atoms with Gasteiger partial charge in [0.25, 0.3) is 5.91 Å². The predicted octanol–water partition coefficient (Wildman–Crippen LogP) is 6.64. The Bertz CT molecular complexity index is 2320. The van der Waals surface area contributed by atoms with Gasteiger partial charge in [0.15, 0.2) is 12.4 Å². The number of benzene rings is 4. The number of rotatable bonds is 15. The zero-order valence-electron chi connectivity index (χ0n) is 31.7. The summed E-state index contributed by atoms with van der Waals surface area (Å²) in [5.41, 5.74) is 7.80. The van der Waals surface area contributed by atoms with Gasteiger partial charge in [-0.2, -0.15) is 28.1 Å². The number of anilines is 5. The van der Waals surface area contributed by atoms with E-state index in [0.717, 1.165) is 18.4 Å². The van der Waals surface area contributed by atoms with Gasteiger partial charge in [-0.1, -0.05) is 37.6 Å². The third-order valence-corrected chi connectivity index (χ3v) is 9.37. The lowest BCUT2D eigenvalue weighted by atomic mass is 9.93. The van der Waals surface area contributed by atoms with E-state index in [0.29, 0.717) is 38.8 Å². The molecule has 7 N–H and O–H groups in total. The zero-order chi connectivity index (χ0) is 42.4. The molecular weight excluding hydrogens is 791 g/mol. The number of ketones is 1. The van der Waals surface area contributed by atoms with Crippen LogP contribution in [0.15, 0.2) is 97.1 Å². The molecule has 0 spiro atoms. The van der Waals surface area contributed by atoms with E-state index < -0.39 is 47.5 Å². The number of ether oxygens (including phenoxy) is 1. The zero-order valence-corrected chi connectivity index (χ0v) is 32.5. The van der Waals surface area contributed by atoms with Gasteiger partial charge in [0.1, 0.15) is 0 Å². The molecular formula is C41H39ClF3N9O5. The number of nitrogens with one attached hydrogen (secondary N) is 5. The number of alkyl halides is 3. The van der Waals surface area contributed by atoms with Crippen molar-refractivity contribution in [1.29, 1.82) is 0 Å². The summed E-state index contributed by atoms with van der Waals surface area (Å²) < 4.78 is 43.8. The van der Waals surface area contributed by atoms with Crippen molar-refractivity contribution in [3.05, 3.63) is 124 Å². The Morgan fingerprint density at radius 3 is 1.90 bits per heavy atom. The molecule has 1 heterocycles. The van der Waals surface area contributed by atoms with Gasteiger partial charge in [0, 0.05) is 51.9 Å². The van der Waals surface area contributed by atoms with Crippen LogP contribution in [0.5, 0.6) is 6.01 Å². The van der Waals surface area contributed by atoms with Crippen LogP contribution in [0, 0.1) is 5.41 Å². The van der Waals surface area contributed by atoms with Crippen LogP contribution >= 0.6 is 11.6 Å². The maximum atomic E-state index is 13.0. The van der Waals surface area contributed by atoms with Gasteiger partial charge >= 0.3 is 24.0 Å². The van der Waals surface area contributed by atoms with Gasteiger partial charge in [-0.05, 0) is 109 Å². The predicted molar refractivity (Wildman–Crippen MR) is 216 cm³/mol. The quantitative estimate of drug-likeness (QED) is 0.0376. The average molecular weight is 830 g/mol. The first kappa shape index (κ1) is 41.9. The van der Waals surface area contributed by atoms with Crippen molar-refractivity contribution in [2.24, 2.45) is 5.41 Å². The molecule has 1 aliphatic carbocycles. The minimum atomic E-state index is -4.62. The van der Waals surface area contributed by atoms with Crippen molar-refractivity contribution in [3.63, 3.8) is 0 Å². The van der Waals surface area contributed by atoms with Crippen molar-refractivity contribution >= 4 is 64.1 Å². The van der Waals surface area contributed by atoms with E-state index in [-0.39, 0.29) is 30.8 Å². The van der Waals surface area contributed by atoms with Crippen LogP contribution in [-0.4, -0.2) is 64.3 Å². The average Bonchev–Trinajstić information content (AvgIpc) is 3.99. The first-order chi connectivity index (χ1) is 28.0. The summed E-state index contributed by atoms with van der Waals surface area (Å²) in [5, 5.41) is 14.6. The third-order valence-electron chi connectivity index (χ3n) is 9.12. The van der Waals surface area contributed by atoms with Gasteiger partial charge in [0.05, 0.1) is 5.54 Å². The van der Waals surface area contributed by atoms with E-state index in [2.05, 4.69) is 41.5 Å². The number of amides is 3. The molecule has 59 heavy (non-hydrogen) atoms. The summed E-state index contributed by atoms with van der Waals surface area (Å²) >= 11 is 6.04. The molecule has 0 radical (unpaired) electrons. The molecule has 14 nitrogen and oxygen atoms in total. The lowest BCUT2D eigenvalue weighted by molar-refractivity contribution is -0.154. The van der Waals surface area contributed by atoms with Crippen LogP contribution in [0.25, 0.3) is 0 Å². The second-order valence-corrected chi connectivity index (χ2v) is 15.0. The summed E-state index contributed by atoms with van der Waals surface area (Å²) in [4.78, 5) is 63.3. The first-order valence-electron chi connectivity index (χ1n) is 18.2. The number of aromatic nitrogens is 3. The largest absolute Gasteiger partial charge is 0.454 e. The van der Waals surface area contributed by atoms with Crippen molar-refractivity contribution in [1.82, 2.24) is 25.6 Å². The fourth-order valence-electron chi connectivity index (χ4n) is 5.68. The molecule has 0 atom stereocenters. The maximum absolute atomic E-state index is 13.0. The Hall–Kier alpha value is -6.75. The van der Waals surface area contributed by atoms with Gasteiger partial charge < -0.3 is 37.1 Å². The lowest BCUT2D eigenvalue weighted by Crippen LogP contribution is -2.44. The highest BCUT2D eigenvalue weighted by molar-refractivity contribution is 6.39. The fraction of sp³-hybridized carbons (Fsp3) is 0.244. The topological polar surface area (TPSA) is 202 Å². The summed E-state index contributed by atoms with van der Waals surface area (Å²) in [7, 11) is 0. The fourth-order valence-corrected chi connectivity index (χ4v) is 5.81. The number of hydrogen-bond donors (Lipinski definition) is 6. The summed E-state index contributed by atoms with van der Waals surface area (Å²) in [5.74, 6) is -2.53. The molecule has 18 heteroatoms. The van der Waals surface area contributed by atoms with E-state index in [1.54, 1.807) is 62.4 Å². The van der Waals surface area contributed by atoms with Crippen molar-refractivity contribution in [2.45, 2.75) is 38.4 Å². The Morgan fingerprint density at radius 2 is 1.29 bits per heavy atom. The molecule has 0 aliphatic heterocycles. The Balaban J connectivity index is 0.996. The molecule has 1 saturated carbocycles. The van der Waals surface area contributed by atoms with Crippen molar-refractivity contribution in [3.8, 4) is 6.01 Å². The molecule has 1 fully saturated rings. The second kappa shape index (κ2) is 17.4. The highest BCUT2D eigenvalue weighted by Gasteiger charge is 2.45. The Morgan fingerprint density at radius 1 is 0.729 bits per heavy atom. The second-order valence-electron chi connectivity index (χ2n) is 14.6. The highest BCUT2D eigenvalue weighted by Crippen LogP contribution is 2.48. The number of halogens is 4. The van der Waals surface area contributed by atoms with Crippen LogP contribution in [0.1, 0.15) is 58.5 Å². The van der Waals surface area contributed by atoms with Gasteiger partial charge in [-0.3, -0.25) is 19.2 Å². The molecule has 306 valence electrons. The molecule has 0 bridgehead atoms. The van der Waals surface area contributed by atoms with Crippen LogP contribution in [0.4, 0.5) is 42.1 Å². The number of carbonyl (C=O) groups excluding carboxylic acids is 4. The maximum Gasteiger partial charge on any atom is 0.422 e. The van der Waals surface area contributed by atoms with Crippen LogP contribution < -0.4 is 37.1 Å². The first-order valence-corrected chi connectivity index (χ1v) is 18.6. The van der Waals surface area contributed by atoms with Gasteiger partial charge in [-0.15, -0.1) is 0 Å². The van der Waals surface area contributed by atoms with E-state index in [4.69, 9.17) is 22.1 Å². The van der Waals surface area contributed by atoms with Crippen molar-refractivity contribution < 1.29 is 37.1 Å². The standard InChI is InChI=1S/C41H39ClF3N9O5/c1-39(2,22-48-34(57)35(58)49-30-15-5-25(6-16-30)32(55)24-3-13-29(46)14-4-24)21-47-33(56)26-7-17-31(18-8-26)50-36-51-37(53-38(52-36)59-23-41(43,44)45)54-40(19-20-40)27-9-11-28(42)12-10-27/h3-18H,19-23,46H2,1-2H3,(H,47,56)(H,48,57)(H,49,58)(H2,50,51,52,53,54). The molecule has 1 aliphatic rings. The Labute approximate surface area is 341 Å². The molecule has 1 aromatic heterocycles. The molecule has 0 unspecified atom stereocenters. The van der Waals surface area contributed by atoms with Crippen LogP contribution in [0.3, 0.4) is 0 Å². The number of hydrogen-bond acceptors (Lipinski definition) is 11. The van der Waals surface area contributed by atoms with E-state index in [1.807, 2.05) is 12.1 Å². The SMILES string of the molecule is CC(C)(CNC(=O)C(=O)Nc1ccc(C(=O)c2ccc(N)cc2)cc1)CNC(=O)c1ccc(Nc2nc(NC3(c4ccc(Cl)cc4)CC3)nc(OCC(F)(F)F)n2)cc1. The summed E-state index contributed by atoms with van der Waals surface area (Å²) in [6.07, 6.45) is -3.17. The molecule has 0 saturated heterocycles. The Kier molecular flexibility index (Phi) is 12.3. The number of nitrogen functional groups attached to an aromatic ring is 1. The molecule has 4 aromatic carbocycles. The summed E-state index contributed by atoms with van der Waals surface area (Å²) in [6.45, 7) is 2.17. The minimum Gasteiger partial charge on any atom is -0.454 e.